The number of nitrogens with one attached hydrogen (secondary N) is 1. The Kier molecular flexibility index (Phi) is 8.95. The second kappa shape index (κ2) is 12.2. The van der Waals surface area contributed by atoms with Crippen molar-refractivity contribution in [1.82, 2.24) is 5.32 Å². The van der Waals surface area contributed by atoms with Crippen LogP contribution in [0.3, 0.4) is 0 Å². The molecule has 4 nitrogen and oxygen atoms in total. The zero-order valence-corrected chi connectivity index (χ0v) is 30.7. The molecule has 7 aliphatic rings. The Morgan fingerprint density at radius 2 is 1.67 bits per heavy atom. The van der Waals surface area contributed by atoms with Gasteiger partial charge in [-0.3, -0.25) is 4.79 Å². The second-order valence-electron chi connectivity index (χ2n) is 18.4. The molecular weight excluding hydrogens is 587 g/mol. The van der Waals surface area contributed by atoms with Gasteiger partial charge in [0.15, 0.2) is 0 Å². The van der Waals surface area contributed by atoms with E-state index in [0.717, 1.165) is 67.6 Å². The number of carboxylic acid groups (broad SMARTS) is 1. The molecule has 0 aliphatic heterocycles. The predicted molar refractivity (Wildman–Crippen MR) is 191 cm³/mol. The van der Waals surface area contributed by atoms with Crippen LogP contribution in [0.15, 0.2) is 23.3 Å². The van der Waals surface area contributed by atoms with E-state index >= 15 is 0 Å². The number of rotatable bonds is 7. The van der Waals surface area contributed by atoms with E-state index in [1.54, 1.807) is 5.57 Å². The maximum absolute atomic E-state index is 11.6. The van der Waals surface area contributed by atoms with Crippen molar-refractivity contribution < 1.29 is 15.0 Å². The Balaban J connectivity index is 1.06. The number of carboxylic acids is 1. The van der Waals surface area contributed by atoms with Gasteiger partial charge >= 0.3 is 5.97 Å². The molecule has 0 heterocycles. The quantitative estimate of drug-likeness (QED) is 0.256. The van der Waals surface area contributed by atoms with E-state index in [9.17, 15) is 15.0 Å². The number of aliphatic carboxylic acids is 1. The van der Waals surface area contributed by atoms with Gasteiger partial charge < -0.3 is 15.5 Å². The minimum atomic E-state index is -0.625. The molecule has 0 spiro atoms. The van der Waals surface area contributed by atoms with Crippen molar-refractivity contribution in [1.29, 1.82) is 0 Å². The van der Waals surface area contributed by atoms with Crippen LogP contribution in [0, 0.1) is 51.8 Å². The van der Waals surface area contributed by atoms with Crippen molar-refractivity contribution in [3.8, 4) is 0 Å². The molecule has 258 valence electrons. The predicted octanol–water partition coefficient (Wildman–Crippen LogP) is 9.57. The number of allylic oxidation sites excluding steroid dienone is 4. The molecule has 3 N–H and O–H groups in total. The number of thioether (sulfide) groups is 1. The Morgan fingerprint density at radius 3 is 2.37 bits per heavy atom. The van der Waals surface area contributed by atoms with E-state index in [1.807, 2.05) is 11.8 Å². The first-order valence-corrected chi connectivity index (χ1v) is 20.8. The molecule has 10 atom stereocenters. The molecule has 0 radical (unpaired) electrons. The number of carbonyl (C=O) groups is 1. The lowest BCUT2D eigenvalue weighted by Gasteiger charge is -2.71. The van der Waals surface area contributed by atoms with Crippen LogP contribution in [0.1, 0.15) is 143 Å². The van der Waals surface area contributed by atoms with Gasteiger partial charge in [0, 0.05) is 10.8 Å². The minimum Gasteiger partial charge on any atom is -0.481 e. The summed E-state index contributed by atoms with van der Waals surface area (Å²) in [7, 11) is 0. The van der Waals surface area contributed by atoms with Gasteiger partial charge in [-0.1, -0.05) is 46.3 Å². The Bertz CT molecular complexity index is 1240. The van der Waals surface area contributed by atoms with E-state index in [1.165, 1.54) is 82.6 Å². The van der Waals surface area contributed by atoms with Gasteiger partial charge in [-0.15, -0.1) is 0 Å². The Labute approximate surface area is 284 Å². The molecule has 0 saturated heterocycles. The summed E-state index contributed by atoms with van der Waals surface area (Å²) in [6.45, 7) is 11.7. The maximum Gasteiger partial charge on any atom is 0.306 e. The van der Waals surface area contributed by atoms with Crippen molar-refractivity contribution in [3.05, 3.63) is 23.3 Å². The molecule has 46 heavy (non-hydrogen) atoms. The first-order chi connectivity index (χ1) is 21.9. The van der Waals surface area contributed by atoms with Gasteiger partial charge in [0.05, 0.1) is 11.5 Å². The molecule has 0 bridgehead atoms. The summed E-state index contributed by atoms with van der Waals surface area (Å²) in [6.07, 6.45) is 28.3. The highest BCUT2D eigenvalue weighted by Crippen LogP contribution is 2.75. The Hall–Kier alpha value is -0.780. The summed E-state index contributed by atoms with van der Waals surface area (Å²) in [5.41, 5.74) is 4.03. The van der Waals surface area contributed by atoms with Crippen molar-refractivity contribution in [2.24, 2.45) is 51.8 Å². The highest BCUT2D eigenvalue weighted by Gasteiger charge is 2.68. The zero-order chi connectivity index (χ0) is 32.5. The molecule has 7 aliphatic carbocycles. The topological polar surface area (TPSA) is 69.6 Å². The van der Waals surface area contributed by atoms with Gasteiger partial charge in [0.1, 0.15) is 0 Å². The van der Waals surface area contributed by atoms with E-state index in [2.05, 4.69) is 51.4 Å². The highest BCUT2D eigenvalue weighted by molar-refractivity contribution is 7.99. The molecule has 5 heteroatoms. The van der Waals surface area contributed by atoms with Crippen LogP contribution in [-0.4, -0.2) is 45.4 Å². The lowest BCUT2D eigenvalue weighted by molar-refractivity contribution is -0.212. The van der Waals surface area contributed by atoms with E-state index in [0.29, 0.717) is 34.1 Å². The van der Waals surface area contributed by atoms with Gasteiger partial charge in [0.2, 0.25) is 0 Å². The SMILES string of the molecule is CSC1CCC(O)(CCNC23CCC[C@@H]2C2CCC4C5(C)CC=C(C6=CCC(C(=O)O)CC6)C(C)C5CCC4(C)[C@]2(C)CC3)CC1. The number of hydrogen-bond acceptors (Lipinski definition) is 4. The van der Waals surface area contributed by atoms with Crippen LogP contribution < -0.4 is 5.32 Å². The molecule has 5 saturated carbocycles. The fourth-order valence-electron chi connectivity index (χ4n) is 14.0. The van der Waals surface area contributed by atoms with Gasteiger partial charge in [-0.2, -0.15) is 11.8 Å². The summed E-state index contributed by atoms with van der Waals surface area (Å²) in [6, 6.07) is 0. The third kappa shape index (κ3) is 5.24. The lowest BCUT2D eigenvalue weighted by Crippen LogP contribution is -2.67. The molecule has 0 aromatic carbocycles. The van der Waals surface area contributed by atoms with Gasteiger partial charge in [0.25, 0.3) is 0 Å². The molecule has 7 rings (SSSR count). The summed E-state index contributed by atoms with van der Waals surface area (Å²) in [4.78, 5) is 11.6. The van der Waals surface area contributed by atoms with Crippen LogP contribution in [-0.2, 0) is 4.79 Å². The number of hydrogen-bond donors (Lipinski definition) is 3. The summed E-state index contributed by atoms with van der Waals surface area (Å²) < 4.78 is 0. The average molecular weight is 652 g/mol. The fraction of sp³-hybridized carbons (Fsp3) is 0.878. The molecule has 5 fully saturated rings. The minimum absolute atomic E-state index is 0.194. The maximum atomic E-state index is 11.6. The molecule has 8 unspecified atom stereocenters. The van der Waals surface area contributed by atoms with Crippen LogP contribution in [0.5, 0.6) is 0 Å². The third-order valence-electron chi connectivity index (χ3n) is 17.0. The summed E-state index contributed by atoms with van der Waals surface area (Å²) in [5.74, 6) is 2.88. The standard InChI is InChI=1S/C41H65NO3S/c1-27-31(28-8-10-29(11-9-28)36(43)44)16-19-37(2)32(27)17-20-39(4)35(37)13-12-33-34-7-6-18-41(34,24-23-38(33,39)3)42-26-25-40(45)21-14-30(46-5)15-22-40/h8,16,27,29-30,32-35,42,45H,6-7,9-15,17-26H2,1-5H3,(H,43,44)/t27?,29?,30?,32?,33?,34-,35?,37?,38-,39?,40?,41?/m1/s1. The molecule has 0 amide bonds. The highest BCUT2D eigenvalue weighted by atomic mass is 32.2. The van der Waals surface area contributed by atoms with Crippen LogP contribution in [0.4, 0.5) is 0 Å². The van der Waals surface area contributed by atoms with Crippen LogP contribution >= 0.6 is 11.8 Å². The summed E-state index contributed by atoms with van der Waals surface area (Å²) >= 11 is 1.99. The first-order valence-electron chi connectivity index (χ1n) is 19.5. The monoisotopic (exact) mass is 651 g/mol. The van der Waals surface area contributed by atoms with Crippen LogP contribution in [0.2, 0.25) is 0 Å². The molecular formula is C41H65NO3S. The largest absolute Gasteiger partial charge is 0.481 e. The zero-order valence-electron chi connectivity index (χ0n) is 29.8. The smallest absolute Gasteiger partial charge is 0.306 e. The van der Waals surface area contributed by atoms with Crippen molar-refractivity contribution in [2.75, 3.05) is 12.8 Å². The molecule has 0 aromatic rings. The second-order valence-corrected chi connectivity index (χ2v) is 19.5. The van der Waals surface area contributed by atoms with Gasteiger partial charge in [-0.05, 0) is 179 Å². The van der Waals surface area contributed by atoms with Gasteiger partial charge in [-0.25, -0.2) is 0 Å². The fourth-order valence-corrected chi connectivity index (χ4v) is 14.7. The van der Waals surface area contributed by atoms with E-state index in [4.69, 9.17) is 0 Å². The normalized spacial score (nSPS) is 50.3. The van der Waals surface area contributed by atoms with Crippen LogP contribution in [0.25, 0.3) is 0 Å². The molecule has 0 aromatic heterocycles. The Morgan fingerprint density at radius 1 is 0.891 bits per heavy atom. The van der Waals surface area contributed by atoms with Crippen molar-refractivity contribution in [2.45, 2.75) is 160 Å². The number of aliphatic hydroxyl groups is 1. The van der Waals surface area contributed by atoms with E-state index < -0.39 is 11.6 Å². The average Bonchev–Trinajstić information content (AvgIpc) is 3.46. The van der Waals surface area contributed by atoms with E-state index in [-0.39, 0.29) is 5.92 Å². The van der Waals surface area contributed by atoms with Crippen molar-refractivity contribution in [3.63, 3.8) is 0 Å². The summed E-state index contributed by atoms with van der Waals surface area (Å²) in [5, 5.41) is 25.9. The number of fused-ring (bicyclic) bond motifs is 7. The van der Waals surface area contributed by atoms with Crippen molar-refractivity contribution >= 4 is 17.7 Å². The lowest BCUT2D eigenvalue weighted by atomic mass is 9.34. The first kappa shape index (κ1) is 33.7. The third-order valence-corrected chi connectivity index (χ3v) is 18.1.